The van der Waals surface area contributed by atoms with Crippen molar-refractivity contribution in [2.45, 2.75) is 45.4 Å². The minimum Gasteiger partial charge on any atom is -0.340 e. The summed E-state index contributed by atoms with van der Waals surface area (Å²) < 4.78 is 1.81. The van der Waals surface area contributed by atoms with Crippen molar-refractivity contribution in [1.82, 2.24) is 9.55 Å². The van der Waals surface area contributed by atoms with Gasteiger partial charge in [0.25, 0.3) is 0 Å². The van der Waals surface area contributed by atoms with E-state index in [2.05, 4.69) is 11.9 Å². The molecule has 15 heavy (non-hydrogen) atoms. The molecule has 0 aromatic carbocycles. The van der Waals surface area contributed by atoms with E-state index in [-0.39, 0.29) is 5.78 Å². The average molecular weight is 208 g/mol. The van der Waals surface area contributed by atoms with Crippen LogP contribution in [0.3, 0.4) is 0 Å². The lowest BCUT2D eigenvalue weighted by molar-refractivity contribution is 0.0974. The molecule has 0 spiro atoms. The van der Waals surface area contributed by atoms with Crippen molar-refractivity contribution in [1.29, 1.82) is 0 Å². The molecule has 1 aromatic heterocycles. The molecular weight excluding hydrogens is 188 g/mol. The van der Waals surface area contributed by atoms with Crippen LogP contribution < -0.4 is 0 Å². The molecule has 0 aliphatic carbocycles. The Morgan fingerprint density at radius 3 is 2.67 bits per heavy atom. The van der Waals surface area contributed by atoms with E-state index in [0.717, 1.165) is 12.8 Å². The van der Waals surface area contributed by atoms with Gasteiger partial charge >= 0.3 is 0 Å². The van der Waals surface area contributed by atoms with Crippen LogP contribution in [0, 0.1) is 0 Å². The number of carbonyl (C=O) groups excluding carboxylic acids is 1. The van der Waals surface area contributed by atoms with E-state index in [1.54, 1.807) is 12.5 Å². The number of nitrogens with zero attached hydrogens (tertiary/aromatic N) is 2. The smallest absolute Gasteiger partial charge is 0.182 e. The van der Waals surface area contributed by atoms with Crippen molar-refractivity contribution in [3.05, 3.63) is 18.2 Å². The van der Waals surface area contributed by atoms with Gasteiger partial charge in [0, 0.05) is 19.7 Å². The molecule has 0 aliphatic heterocycles. The van der Waals surface area contributed by atoms with Crippen LogP contribution in [0.15, 0.2) is 12.5 Å². The van der Waals surface area contributed by atoms with E-state index in [9.17, 15) is 4.79 Å². The third-order valence-corrected chi connectivity index (χ3v) is 2.50. The first kappa shape index (κ1) is 12.0. The van der Waals surface area contributed by atoms with Gasteiger partial charge in [0.1, 0.15) is 5.69 Å². The molecule has 0 saturated heterocycles. The molecule has 0 amide bonds. The second kappa shape index (κ2) is 6.38. The standard InChI is InChI=1S/C12H20N2O/c1-3-4-5-6-7-8-12(15)11-9-14(2)10-13-11/h9-10H,3-8H2,1-2H3. The minimum atomic E-state index is 0.173. The van der Waals surface area contributed by atoms with Gasteiger partial charge < -0.3 is 4.57 Å². The molecule has 1 aromatic rings. The van der Waals surface area contributed by atoms with Crippen molar-refractivity contribution in [3.8, 4) is 0 Å². The number of Topliss-reactive ketones (excluding diaryl/α,β-unsaturated/α-hetero) is 1. The van der Waals surface area contributed by atoms with E-state index < -0.39 is 0 Å². The second-order valence-corrected chi connectivity index (χ2v) is 4.01. The number of ketones is 1. The maximum absolute atomic E-state index is 11.6. The van der Waals surface area contributed by atoms with E-state index in [0.29, 0.717) is 12.1 Å². The Morgan fingerprint density at radius 2 is 2.07 bits per heavy atom. The van der Waals surface area contributed by atoms with Crippen LogP contribution in [0.4, 0.5) is 0 Å². The molecule has 0 unspecified atom stereocenters. The zero-order valence-electron chi connectivity index (χ0n) is 9.70. The Kier molecular flexibility index (Phi) is 5.08. The molecule has 0 atom stereocenters. The lowest BCUT2D eigenvalue weighted by atomic mass is 10.1. The summed E-state index contributed by atoms with van der Waals surface area (Å²) in [5.74, 6) is 0.173. The number of rotatable bonds is 7. The monoisotopic (exact) mass is 208 g/mol. The quantitative estimate of drug-likeness (QED) is 0.510. The molecule has 0 radical (unpaired) electrons. The first-order valence-electron chi connectivity index (χ1n) is 5.75. The van der Waals surface area contributed by atoms with Crippen molar-refractivity contribution in [2.75, 3.05) is 0 Å². The fourth-order valence-electron chi connectivity index (χ4n) is 1.57. The van der Waals surface area contributed by atoms with E-state index in [1.807, 2.05) is 11.6 Å². The van der Waals surface area contributed by atoms with Crippen LogP contribution in [0.25, 0.3) is 0 Å². The fraction of sp³-hybridized carbons (Fsp3) is 0.667. The minimum absolute atomic E-state index is 0.173. The normalized spacial score (nSPS) is 10.5. The highest BCUT2D eigenvalue weighted by molar-refractivity contribution is 5.93. The highest BCUT2D eigenvalue weighted by atomic mass is 16.1. The largest absolute Gasteiger partial charge is 0.340 e. The Labute approximate surface area is 91.5 Å². The number of carbonyl (C=O) groups is 1. The SMILES string of the molecule is CCCCCCCC(=O)c1cn(C)cn1. The maximum atomic E-state index is 11.6. The lowest BCUT2D eigenvalue weighted by Crippen LogP contribution is -1.99. The number of hydrogen-bond donors (Lipinski definition) is 0. The van der Waals surface area contributed by atoms with Crippen molar-refractivity contribution >= 4 is 5.78 Å². The number of hydrogen-bond acceptors (Lipinski definition) is 2. The van der Waals surface area contributed by atoms with Gasteiger partial charge in [-0.05, 0) is 6.42 Å². The topological polar surface area (TPSA) is 34.9 Å². The van der Waals surface area contributed by atoms with Gasteiger partial charge in [-0.3, -0.25) is 4.79 Å². The number of unbranched alkanes of at least 4 members (excludes halogenated alkanes) is 4. The molecule has 3 nitrogen and oxygen atoms in total. The molecule has 0 fully saturated rings. The maximum Gasteiger partial charge on any atom is 0.182 e. The summed E-state index contributed by atoms with van der Waals surface area (Å²) in [6.45, 7) is 2.19. The van der Waals surface area contributed by atoms with Crippen LogP contribution in [0.2, 0.25) is 0 Å². The Morgan fingerprint density at radius 1 is 1.33 bits per heavy atom. The van der Waals surface area contributed by atoms with Crippen LogP contribution in [-0.2, 0) is 7.05 Å². The number of imidazole rings is 1. The zero-order valence-corrected chi connectivity index (χ0v) is 9.70. The number of aromatic nitrogens is 2. The molecule has 1 rings (SSSR count). The summed E-state index contributed by atoms with van der Waals surface area (Å²) >= 11 is 0. The first-order valence-corrected chi connectivity index (χ1v) is 5.75. The predicted molar refractivity (Wildman–Crippen MR) is 60.9 cm³/mol. The average Bonchev–Trinajstić information content (AvgIpc) is 2.64. The van der Waals surface area contributed by atoms with Gasteiger partial charge in [-0.1, -0.05) is 32.6 Å². The second-order valence-electron chi connectivity index (χ2n) is 4.01. The van der Waals surface area contributed by atoms with Gasteiger partial charge in [-0.25, -0.2) is 4.98 Å². The molecular formula is C12H20N2O. The summed E-state index contributed by atoms with van der Waals surface area (Å²) in [5, 5.41) is 0. The van der Waals surface area contributed by atoms with E-state index in [4.69, 9.17) is 0 Å². The van der Waals surface area contributed by atoms with Crippen molar-refractivity contribution in [2.24, 2.45) is 7.05 Å². The van der Waals surface area contributed by atoms with Gasteiger partial charge in [0.05, 0.1) is 6.33 Å². The first-order chi connectivity index (χ1) is 7.24. The number of aryl methyl sites for hydroxylation is 1. The molecule has 3 heteroatoms. The Bertz CT molecular complexity index is 304. The van der Waals surface area contributed by atoms with Gasteiger partial charge in [0.2, 0.25) is 0 Å². The van der Waals surface area contributed by atoms with Crippen LogP contribution >= 0.6 is 0 Å². The molecule has 0 aliphatic rings. The molecule has 0 saturated carbocycles. The third-order valence-electron chi connectivity index (χ3n) is 2.50. The summed E-state index contributed by atoms with van der Waals surface area (Å²) in [5.41, 5.74) is 0.605. The van der Waals surface area contributed by atoms with E-state index >= 15 is 0 Å². The van der Waals surface area contributed by atoms with Gasteiger partial charge in [-0.15, -0.1) is 0 Å². The summed E-state index contributed by atoms with van der Waals surface area (Å²) in [7, 11) is 1.88. The highest BCUT2D eigenvalue weighted by Gasteiger charge is 2.07. The van der Waals surface area contributed by atoms with E-state index in [1.165, 1.54) is 19.3 Å². The predicted octanol–water partition coefficient (Wildman–Crippen LogP) is 2.96. The molecule has 0 N–H and O–H groups in total. The summed E-state index contributed by atoms with van der Waals surface area (Å²) in [6, 6.07) is 0. The molecule has 84 valence electrons. The van der Waals surface area contributed by atoms with Crippen LogP contribution in [-0.4, -0.2) is 15.3 Å². The zero-order chi connectivity index (χ0) is 11.1. The van der Waals surface area contributed by atoms with Gasteiger partial charge in [0.15, 0.2) is 5.78 Å². The summed E-state index contributed by atoms with van der Waals surface area (Å²) in [6.07, 6.45) is 10.0. The molecule has 1 heterocycles. The molecule has 0 bridgehead atoms. The van der Waals surface area contributed by atoms with Gasteiger partial charge in [-0.2, -0.15) is 0 Å². The Balaban J connectivity index is 2.19. The third kappa shape index (κ3) is 4.28. The Hall–Kier alpha value is -1.12. The lowest BCUT2D eigenvalue weighted by Gasteiger charge is -1.98. The fourth-order valence-corrected chi connectivity index (χ4v) is 1.57. The van der Waals surface area contributed by atoms with Crippen molar-refractivity contribution < 1.29 is 4.79 Å². The van der Waals surface area contributed by atoms with Crippen molar-refractivity contribution in [3.63, 3.8) is 0 Å². The summed E-state index contributed by atoms with van der Waals surface area (Å²) in [4.78, 5) is 15.7. The van der Waals surface area contributed by atoms with Crippen LogP contribution in [0.1, 0.15) is 55.9 Å². The highest BCUT2D eigenvalue weighted by Crippen LogP contribution is 2.08. The van der Waals surface area contributed by atoms with Crippen LogP contribution in [0.5, 0.6) is 0 Å².